The van der Waals surface area contributed by atoms with E-state index in [1.807, 2.05) is 27.7 Å². The van der Waals surface area contributed by atoms with Crippen LogP contribution in [-0.2, 0) is 4.74 Å². The van der Waals surface area contributed by atoms with Gasteiger partial charge in [-0.3, -0.25) is 0 Å². The van der Waals surface area contributed by atoms with Crippen LogP contribution in [-0.4, -0.2) is 23.3 Å². The highest BCUT2D eigenvalue weighted by Gasteiger charge is 2.35. The molecule has 4 heteroatoms. The largest absolute Gasteiger partial charge is 0.444 e. The Balaban J connectivity index is 2.45. The van der Waals surface area contributed by atoms with E-state index in [0.29, 0.717) is 0 Å². The van der Waals surface area contributed by atoms with Gasteiger partial charge in [0.1, 0.15) is 5.60 Å². The molecule has 0 aromatic heterocycles. The van der Waals surface area contributed by atoms with Crippen LogP contribution in [0.4, 0.5) is 4.79 Å². The lowest BCUT2D eigenvalue weighted by Gasteiger charge is -2.28. The molecule has 0 aromatic rings. The number of rotatable bonds is 1. The van der Waals surface area contributed by atoms with Crippen molar-refractivity contribution in [3.05, 3.63) is 0 Å². The Labute approximate surface area is 91.5 Å². The van der Waals surface area contributed by atoms with Gasteiger partial charge in [0.15, 0.2) is 0 Å². The van der Waals surface area contributed by atoms with Crippen LogP contribution in [0, 0.1) is 0 Å². The number of carbonyl (C=O) groups is 1. The van der Waals surface area contributed by atoms with Crippen LogP contribution in [0.15, 0.2) is 0 Å². The van der Waals surface area contributed by atoms with E-state index in [1.54, 1.807) is 0 Å². The minimum Gasteiger partial charge on any atom is -0.444 e. The third kappa shape index (κ3) is 4.08. The van der Waals surface area contributed by atoms with Gasteiger partial charge in [0.25, 0.3) is 0 Å². The molecule has 0 unspecified atom stereocenters. The van der Waals surface area contributed by atoms with Crippen LogP contribution in [0.2, 0.25) is 0 Å². The van der Waals surface area contributed by atoms with Crippen LogP contribution in [0.5, 0.6) is 0 Å². The van der Waals surface area contributed by atoms with Crippen LogP contribution in [0.1, 0.15) is 47.0 Å². The van der Waals surface area contributed by atoms with Crippen LogP contribution in [0.25, 0.3) is 0 Å². The first-order chi connectivity index (χ1) is 6.70. The zero-order valence-electron chi connectivity index (χ0n) is 10.1. The summed E-state index contributed by atoms with van der Waals surface area (Å²) >= 11 is 0. The highest BCUT2D eigenvalue weighted by molar-refractivity contribution is 5.68. The third-order valence-corrected chi connectivity index (χ3v) is 2.58. The SMILES string of the molecule is CC(C)(C)OC(=O)N[C@]1(C)CC[C@@H](N)C1. The number of nitrogens with two attached hydrogens (primary N) is 1. The highest BCUT2D eigenvalue weighted by atomic mass is 16.6. The average Bonchev–Trinajstić information content (AvgIpc) is 2.25. The Morgan fingerprint density at radius 2 is 2.13 bits per heavy atom. The van der Waals surface area contributed by atoms with Gasteiger partial charge in [-0.05, 0) is 47.0 Å². The number of hydrogen-bond acceptors (Lipinski definition) is 3. The predicted octanol–water partition coefficient (Wildman–Crippen LogP) is 1.78. The van der Waals surface area contributed by atoms with Gasteiger partial charge in [0, 0.05) is 11.6 Å². The Morgan fingerprint density at radius 3 is 2.53 bits per heavy atom. The zero-order chi connectivity index (χ0) is 11.7. The fraction of sp³-hybridized carbons (Fsp3) is 0.909. The van der Waals surface area contributed by atoms with Crippen molar-refractivity contribution < 1.29 is 9.53 Å². The van der Waals surface area contributed by atoms with Gasteiger partial charge >= 0.3 is 6.09 Å². The number of hydrogen-bond donors (Lipinski definition) is 2. The van der Waals surface area contributed by atoms with E-state index in [-0.39, 0.29) is 17.7 Å². The minimum atomic E-state index is -0.443. The second-order valence-corrected chi connectivity index (χ2v) is 5.69. The van der Waals surface area contributed by atoms with Crippen molar-refractivity contribution in [2.45, 2.75) is 64.1 Å². The lowest BCUT2D eigenvalue weighted by atomic mass is 10.0. The van der Waals surface area contributed by atoms with Crippen molar-refractivity contribution in [3.8, 4) is 0 Å². The number of alkyl carbamates (subject to hydrolysis) is 1. The summed E-state index contributed by atoms with van der Waals surface area (Å²) in [6.45, 7) is 7.59. The molecule has 0 spiro atoms. The first kappa shape index (κ1) is 12.3. The van der Waals surface area contributed by atoms with E-state index in [9.17, 15) is 4.79 Å². The summed E-state index contributed by atoms with van der Waals surface area (Å²) < 4.78 is 5.21. The van der Waals surface area contributed by atoms with Crippen molar-refractivity contribution in [1.29, 1.82) is 0 Å². The summed E-state index contributed by atoms with van der Waals surface area (Å²) in [5.74, 6) is 0. The smallest absolute Gasteiger partial charge is 0.408 e. The highest BCUT2D eigenvalue weighted by Crippen LogP contribution is 2.28. The second kappa shape index (κ2) is 4.00. The summed E-state index contributed by atoms with van der Waals surface area (Å²) in [5, 5.41) is 2.90. The summed E-state index contributed by atoms with van der Waals surface area (Å²) in [6, 6.07) is 0.199. The number of amides is 1. The summed E-state index contributed by atoms with van der Waals surface area (Å²) in [6.07, 6.45) is 2.37. The van der Waals surface area contributed by atoms with Crippen molar-refractivity contribution in [2.24, 2.45) is 5.73 Å². The molecule has 15 heavy (non-hydrogen) atoms. The fourth-order valence-electron chi connectivity index (χ4n) is 1.95. The molecule has 0 aromatic carbocycles. The quantitative estimate of drug-likeness (QED) is 0.699. The van der Waals surface area contributed by atoms with E-state index >= 15 is 0 Å². The molecule has 88 valence electrons. The molecule has 4 nitrogen and oxygen atoms in total. The monoisotopic (exact) mass is 214 g/mol. The van der Waals surface area contributed by atoms with E-state index in [2.05, 4.69) is 5.32 Å². The van der Waals surface area contributed by atoms with Crippen LogP contribution < -0.4 is 11.1 Å². The zero-order valence-corrected chi connectivity index (χ0v) is 10.1. The third-order valence-electron chi connectivity index (χ3n) is 2.58. The van der Waals surface area contributed by atoms with E-state index in [0.717, 1.165) is 19.3 Å². The lowest BCUT2D eigenvalue weighted by molar-refractivity contribution is 0.0466. The van der Waals surface area contributed by atoms with Gasteiger partial charge < -0.3 is 15.8 Å². The molecule has 1 fully saturated rings. The van der Waals surface area contributed by atoms with Crippen LogP contribution >= 0.6 is 0 Å². The number of ether oxygens (including phenoxy) is 1. The van der Waals surface area contributed by atoms with Crippen molar-refractivity contribution in [3.63, 3.8) is 0 Å². The molecule has 0 saturated heterocycles. The molecule has 0 heterocycles. The van der Waals surface area contributed by atoms with Gasteiger partial charge in [-0.15, -0.1) is 0 Å². The van der Waals surface area contributed by atoms with Gasteiger partial charge in [-0.25, -0.2) is 4.79 Å². The average molecular weight is 214 g/mol. The topological polar surface area (TPSA) is 64.3 Å². The molecule has 1 aliphatic rings. The Kier molecular flexibility index (Phi) is 3.28. The molecular formula is C11H22N2O2. The molecule has 2 atom stereocenters. The second-order valence-electron chi connectivity index (χ2n) is 5.69. The molecule has 1 aliphatic carbocycles. The molecule has 0 aliphatic heterocycles. The maximum atomic E-state index is 11.6. The van der Waals surface area contributed by atoms with Gasteiger partial charge in [0.2, 0.25) is 0 Å². The molecule has 3 N–H and O–H groups in total. The first-order valence-electron chi connectivity index (χ1n) is 5.47. The summed E-state index contributed by atoms with van der Waals surface area (Å²) in [7, 11) is 0. The van der Waals surface area contributed by atoms with E-state index < -0.39 is 5.60 Å². The van der Waals surface area contributed by atoms with Crippen molar-refractivity contribution in [1.82, 2.24) is 5.32 Å². The van der Waals surface area contributed by atoms with E-state index in [4.69, 9.17) is 10.5 Å². The van der Waals surface area contributed by atoms with Gasteiger partial charge in [-0.1, -0.05) is 0 Å². The molecule has 1 saturated carbocycles. The summed E-state index contributed by atoms with van der Waals surface area (Å²) in [5.41, 5.74) is 5.19. The normalized spacial score (nSPS) is 31.4. The predicted molar refractivity (Wildman–Crippen MR) is 59.6 cm³/mol. The maximum absolute atomic E-state index is 11.6. The molecule has 0 radical (unpaired) electrons. The molecule has 0 bridgehead atoms. The minimum absolute atomic E-state index is 0.193. The van der Waals surface area contributed by atoms with Crippen molar-refractivity contribution >= 4 is 6.09 Å². The Morgan fingerprint density at radius 1 is 1.53 bits per heavy atom. The van der Waals surface area contributed by atoms with Crippen molar-refractivity contribution in [2.75, 3.05) is 0 Å². The first-order valence-corrected chi connectivity index (χ1v) is 5.47. The summed E-state index contributed by atoms with van der Waals surface area (Å²) in [4.78, 5) is 11.6. The number of carbonyl (C=O) groups excluding carboxylic acids is 1. The lowest BCUT2D eigenvalue weighted by Crippen LogP contribution is -2.46. The Hall–Kier alpha value is -0.770. The van der Waals surface area contributed by atoms with Crippen LogP contribution in [0.3, 0.4) is 0 Å². The fourth-order valence-corrected chi connectivity index (χ4v) is 1.95. The van der Waals surface area contributed by atoms with E-state index in [1.165, 1.54) is 0 Å². The maximum Gasteiger partial charge on any atom is 0.408 e. The molecule has 1 amide bonds. The standard InChI is InChI=1S/C11H22N2O2/c1-10(2,3)15-9(14)13-11(4)6-5-8(12)7-11/h8H,5-7,12H2,1-4H3,(H,13,14)/t8-,11-/m1/s1. The number of nitrogens with one attached hydrogen (secondary N) is 1. The molecule has 1 rings (SSSR count). The van der Waals surface area contributed by atoms with Gasteiger partial charge in [0.05, 0.1) is 0 Å². The Bertz CT molecular complexity index is 247. The molecular weight excluding hydrogens is 192 g/mol. The van der Waals surface area contributed by atoms with Gasteiger partial charge in [-0.2, -0.15) is 0 Å².